The average molecular weight is 184 g/mol. The molecule has 0 saturated heterocycles. The molecule has 0 fully saturated rings. The lowest BCUT2D eigenvalue weighted by molar-refractivity contribution is 0.174. The van der Waals surface area contributed by atoms with Crippen LogP contribution in [0.5, 0.6) is 0 Å². The van der Waals surface area contributed by atoms with Gasteiger partial charge in [0.05, 0.1) is 11.5 Å². The summed E-state index contributed by atoms with van der Waals surface area (Å²) in [5.41, 5.74) is -1.07. The molecule has 0 heterocycles. The minimum absolute atomic E-state index is 0.489. The molecule has 0 unspecified atom stereocenters. The Balaban J connectivity index is 4.35. The fourth-order valence-corrected chi connectivity index (χ4v) is 1.48. The van der Waals surface area contributed by atoms with Gasteiger partial charge in [-0.05, 0) is 34.1 Å². The van der Waals surface area contributed by atoms with E-state index in [9.17, 15) is 4.79 Å². The van der Waals surface area contributed by atoms with Gasteiger partial charge in [-0.2, -0.15) is 5.26 Å². The zero-order valence-corrected chi connectivity index (χ0v) is 8.51. The highest BCUT2D eigenvalue weighted by atomic mass is 16.4. The van der Waals surface area contributed by atoms with E-state index in [-0.39, 0.29) is 0 Å². The molecule has 4 nitrogen and oxygen atoms in total. The molecule has 0 aliphatic heterocycles. The van der Waals surface area contributed by atoms with Crippen LogP contribution in [0.25, 0.3) is 0 Å². The van der Waals surface area contributed by atoms with Crippen molar-refractivity contribution in [3.05, 3.63) is 0 Å². The van der Waals surface area contributed by atoms with Crippen molar-refractivity contribution in [3.63, 3.8) is 0 Å². The van der Waals surface area contributed by atoms with Gasteiger partial charge < -0.3 is 10.4 Å². The minimum Gasteiger partial charge on any atom is -0.465 e. The summed E-state index contributed by atoms with van der Waals surface area (Å²) < 4.78 is 0. The van der Waals surface area contributed by atoms with Crippen molar-refractivity contribution in [1.29, 1.82) is 5.26 Å². The van der Waals surface area contributed by atoms with Crippen molar-refractivity contribution < 1.29 is 9.90 Å². The second kappa shape index (κ2) is 3.65. The normalized spacial score (nSPS) is 11.9. The number of hydrogen-bond acceptors (Lipinski definition) is 2. The van der Waals surface area contributed by atoms with E-state index in [4.69, 9.17) is 10.4 Å². The van der Waals surface area contributed by atoms with Crippen LogP contribution in [-0.4, -0.2) is 16.7 Å². The number of carboxylic acid groups (broad SMARTS) is 1. The monoisotopic (exact) mass is 184 g/mol. The van der Waals surface area contributed by atoms with Crippen molar-refractivity contribution in [3.8, 4) is 6.07 Å². The quantitative estimate of drug-likeness (QED) is 0.704. The van der Waals surface area contributed by atoms with Gasteiger partial charge in [-0.25, -0.2) is 4.79 Å². The Kier molecular flexibility index (Phi) is 3.30. The lowest BCUT2D eigenvalue weighted by Gasteiger charge is -2.30. The molecular weight excluding hydrogens is 168 g/mol. The summed E-state index contributed by atoms with van der Waals surface area (Å²) in [6, 6.07) is 2.14. The van der Waals surface area contributed by atoms with Gasteiger partial charge in [-0.15, -0.1) is 0 Å². The summed E-state index contributed by atoms with van der Waals surface area (Å²) in [6.07, 6.45) is -0.568. The maximum absolute atomic E-state index is 10.4. The third kappa shape index (κ3) is 5.07. The van der Waals surface area contributed by atoms with Crippen LogP contribution >= 0.6 is 0 Å². The van der Waals surface area contributed by atoms with Crippen molar-refractivity contribution in [1.82, 2.24) is 5.32 Å². The maximum atomic E-state index is 10.4. The molecule has 0 aliphatic rings. The lowest BCUT2D eigenvalue weighted by Crippen LogP contribution is -2.45. The van der Waals surface area contributed by atoms with Crippen LogP contribution in [0.1, 0.15) is 34.1 Å². The molecule has 13 heavy (non-hydrogen) atoms. The number of nitrogens with zero attached hydrogens (tertiary/aromatic N) is 1. The first-order chi connectivity index (χ1) is 5.68. The van der Waals surface area contributed by atoms with Crippen molar-refractivity contribution in [2.45, 2.75) is 39.7 Å². The highest BCUT2D eigenvalue weighted by Crippen LogP contribution is 2.26. The first-order valence-electron chi connectivity index (χ1n) is 4.11. The number of amides is 1. The van der Waals surface area contributed by atoms with Gasteiger partial charge in [0.15, 0.2) is 0 Å². The predicted octanol–water partition coefficient (Wildman–Crippen LogP) is 1.97. The number of rotatable bonds is 3. The SMILES string of the molecule is CC(C)(C#N)CC(C)(C)NC(=O)O. The summed E-state index contributed by atoms with van der Waals surface area (Å²) in [7, 11) is 0. The smallest absolute Gasteiger partial charge is 0.405 e. The molecule has 0 radical (unpaired) electrons. The number of hydrogen-bond donors (Lipinski definition) is 2. The molecule has 0 saturated carbocycles. The fourth-order valence-electron chi connectivity index (χ4n) is 1.48. The van der Waals surface area contributed by atoms with Crippen LogP contribution in [0, 0.1) is 16.7 Å². The maximum Gasteiger partial charge on any atom is 0.405 e. The van der Waals surface area contributed by atoms with E-state index in [0.29, 0.717) is 6.42 Å². The Morgan fingerprint density at radius 2 is 1.92 bits per heavy atom. The van der Waals surface area contributed by atoms with Gasteiger partial charge in [0.1, 0.15) is 0 Å². The highest BCUT2D eigenvalue weighted by Gasteiger charge is 2.29. The van der Waals surface area contributed by atoms with E-state index in [1.165, 1.54) is 0 Å². The van der Waals surface area contributed by atoms with Gasteiger partial charge in [0, 0.05) is 5.54 Å². The second-order valence-electron chi connectivity index (χ2n) is 4.49. The Morgan fingerprint density at radius 3 is 2.23 bits per heavy atom. The van der Waals surface area contributed by atoms with Crippen LogP contribution in [0.3, 0.4) is 0 Å². The molecule has 4 heteroatoms. The molecule has 2 N–H and O–H groups in total. The molecule has 0 aromatic carbocycles. The van der Waals surface area contributed by atoms with E-state index in [1.807, 2.05) is 0 Å². The Morgan fingerprint density at radius 1 is 1.46 bits per heavy atom. The van der Waals surface area contributed by atoms with E-state index in [0.717, 1.165) is 0 Å². The molecule has 0 aromatic heterocycles. The summed E-state index contributed by atoms with van der Waals surface area (Å²) in [6.45, 7) is 7.11. The van der Waals surface area contributed by atoms with Crippen molar-refractivity contribution in [2.75, 3.05) is 0 Å². The summed E-state index contributed by atoms with van der Waals surface area (Å²) >= 11 is 0. The summed E-state index contributed by atoms with van der Waals surface area (Å²) in [5, 5.41) is 19.7. The molecule has 1 amide bonds. The van der Waals surface area contributed by atoms with Crippen molar-refractivity contribution in [2.24, 2.45) is 5.41 Å². The third-order valence-corrected chi connectivity index (χ3v) is 1.63. The Hall–Kier alpha value is -1.24. The predicted molar refractivity (Wildman–Crippen MR) is 49.3 cm³/mol. The fraction of sp³-hybridized carbons (Fsp3) is 0.778. The zero-order chi connectivity index (χ0) is 10.7. The van der Waals surface area contributed by atoms with Crippen LogP contribution in [0.2, 0.25) is 0 Å². The van der Waals surface area contributed by atoms with Gasteiger partial charge in [-0.1, -0.05) is 0 Å². The van der Waals surface area contributed by atoms with Crippen LogP contribution in [0.4, 0.5) is 4.79 Å². The molecule has 0 bridgehead atoms. The molecule has 0 aliphatic carbocycles. The Bertz CT molecular complexity index is 238. The third-order valence-electron chi connectivity index (χ3n) is 1.63. The van der Waals surface area contributed by atoms with E-state index in [1.54, 1.807) is 27.7 Å². The van der Waals surface area contributed by atoms with E-state index < -0.39 is 17.0 Å². The molecule has 0 atom stereocenters. The van der Waals surface area contributed by atoms with Gasteiger partial charge in [0.25, 0.3) is 0 Å². The number of nitrogens with one attached hydrogen (secondary N) is 1. The van der Waals surface area contributed by atoms with Gasteiger partial charge in [0.2, 0.25) is 0 Å². The molecule has 0 rings (SSSR count). The first kappa shape index (κ1) is 11.8. The molecular formula is C9H16N2O2. The molecule has 74 valence electrons. The van der Waals surface area contributed by atoms with Crippen LogP contribution in [0.15, 0.2) is 0 Å². The standard InChI is InChI=1S/C9H16N2O2/c1-8(2,6-10)5-9(3,4)11-7(12)13/h11H,5H2,1-4H3,(H,12,13). The van der Waals surface area contributed by atoms with Gasteiger partial charge in [-0.3, -0.25) is 0 Å². The van der Waals surface area contributed by atoms with Crippen molar-refractivity contribution >= 4 is 6.09 Å². The lowest BCUT2D eigenvalue weighted by atomic mass is 9.81. The van der Waals surface area contributed by atoms with E-state index >= 15 is 0 Å². The van der Waals surface area contributed by atoms with Crippen LogP contribution in [-0.2, 0) is 0 Å². The molecule has 0 spiro atoms. The number of nitriles is 1. The topological polar surface area (TPSA) is 73.1 Å². The first-order valence-corrected chi connectivity index (χ1v) is 4.11. The van der Waals surface area contributed by atoms with E-state index in [2.05, 4.69) is 11.4 Å². The van der Waals surface area contributed by atoms with Gasteiger partial charge >= 0.3 is 6.09 Å². The average Bonchev–Trinajstić information content (AvgIpc) is 1.81. The zero-order valence-electron chi connectivity index (χ0n) is 8.51. The van der Waals surface area contributed by atoms with Crippen LogP contribution < -0.4 is 5.32 Å². The number of carbonyl (C=O) groups is 1. The largest absolute Gasteiger partial charge is 0.465 e. The Labute approximate surface area is 78.6 Å². The molecule has 0 aromatic rings. The second-order valence-corrected chi connectivity index (χ2v) is 4.49. The summed E-state index contributed by atoms with van der Waals surface area (Å²) in [5.74, 6) is 0. The summed E-state index contributed by atoms with van der Waals surface area (Å²) in [4.78, 5) is 10.4. The highest BCUT2D eigenvalue weighted by molar-refractivity contribution is 5.65. The minimum atomic E-state index is -1.06.